The van der Waals surface area contributed by atoms with Crippen LogP contribution in [0.25, 0.3) is 10.8 Å². The molecule has 4 rings (SSSR count). The molecule has 0 heterocycles. The summed E-state index contributed by atoms with van der Waals surface area (Å²) in [6.07, 6.45) is 1.67. The average molecular weight is 367 g/mol. The van der Waals surface area contributed by atoms with Gasteiger partial charge >= 0.3 is 0 Å². The van der Waals surface area contributed by atoms with Crippen molar-refractivity contribution in [2.45, 2.75) is 12.8 Å². The summed E-state index contributed by atoms with van der Waals surface area (Å²) in [7, 11) is 0. The van der Waals surface area contributed by atoms with Crippen LogP contribution in [0.2, 0.25) is 5.02 Å². The molecule has 0 nitrogen and oxygen atoms in total. The quantitative estimate of drug-likeness (QED) is 0.355. The van der Waals surface area contributed by atoms with Gasteiger partial charge in [0.05, 0.1) is 0 Å². The van der Waals surface area contributed by atoms with Gasteiger partial charge in [-0.05, 0) is 58.1 Å². The van der Waals surface area contributed by atoms with E-state index < -0.39 is 0 Å². The van der Waals surface area contributed by atoms with Crippen molar-refractivity contribution in [1.82, 2.24) is 0 Å². The first kappa shape index (κ1) is 17.4. The largest absolute Gasteiger partial charge is 0.0931 e. The SMILES string of the molecule is Clc1ccc(CC#Cc2ccc3ccc(Cc4ccccc4)cc3c2)cc1. The number of halogens is 1. The Morgan fingerprint density at radius 2 is 1.37 bits per heavy atom. The number of rotatable bonds is 3. The normalized spacial score (nSPS) is 10.4. The lowest BCUT2D eigenvalue weighted by Crippen LogP contribution is -1.88. The van der Waals surface area contributed by atoms with Crippen molar-refractivity contribution in [3.8, 4) is 11.8 Å². The van der Waals surface area contributed by atoms with Crippen molar-refractivity contribution in [1.29, 1.82) is 0 Å². The highest BCUT2D eigenvalue weighted by molar-refractivity contribution is 6.30. The molecule has 0 bridgehead atoms. The van der Waals surface area contributed by atoms with E-state index in [0.29, 0.717) is 0 Å². The molecule has 0 amide bonds. The van der Waals surface area contributed by atoms with E-state index in [1.54, 1.807) is 0 Å². The Morgan fingerprint density at radius 3 is 2.19 bits per heavy atom. The Labute approximate surface area is 165 Å². The highest BCUT2D eigenvalue weighted by Gasteiger charge is 2.00. The molecule has 0 spiro atoms. The van der Waals surface area contributed by atoms with Crippen LogP contribution in [0.3, 0.4) is 0 Å². The van der Waals surface area contributed by atoms with Gasteiger partial charge in [-0.3, -0.25) is 0 Å². The molecule has 27 heavy (non-hydrogen) atoms. The van der Waals surface area contributed by atoms with E-state index in [-0.39, 0.29) is 0 Å². The van der Waals surface area contributed by atoms with Gasteiger partial charge in [-0.2, -0.15) is 0 Å². The molecule has 0 fully saturated rings. The molecular weight excluding hydrogens is 348 g/mol. The third-order valence-electron chi connectivity index (χ3n) is 4.59. The van der Waals surface area contributed by atoms with E-state index in [4.69, 9.17) is 11.6 Å². The van der Waals surface area contributed by atoms with Gasteiger partial charge in [0, 0.05) is 17.0 Å². The molecule has 0 N–H and O–H groups in total. The lowest BCUT2D eigenvalue weighted by molar-refractivity contribution is 1.20. The molecule has 0 atom stereocenters. The van der Waals surface area contributed by atoms with Gasteiger partial charge in [-0.1, -0.05) is 90.2 Å². The zero-order chi connectivity index (χ0) is 18.5. The number of hydrogen-bond donors (Lipinski definition) is 0. The molecule has 4 aromatic rings. The third-order valence-corrected chi connectivity index (χ3v) is 4.85. The minimum Gasteiger partial charge on any atom is -0.0931 e. The monoisotopic (exact) mass is 366 g/mol. The Bertz CT molecular complexity index is 1110. The Kier molecular flexibility index (Phi) is 5.24. The minimum atomic E-state index is 0.725. The Morgan fingerprint density at radius 1 is 0.630 bits per heavy atom. The van der Waals surface area contributed by atoms with E-state index in [2.05, 4.69) is 78.6 Å². The summed E-state index contributed by atoms with van der Waals surface area (Å²) in [5.74, 6) is 6.55. The van der Waals surface area contributed by atoms with Crippen LogP contribution in [0.5, 0.6) is 0 Å². The van der Waals surface area contributed by atoms with Crippen LogP contribution < -0.4 is 0 Å². The first-order valence-corrected chi connectivity index (χ1v) is 9.44. The van der Waals surface area contributed by atoms with Crippen molar-refractivity contribution in [2.24, 2.45) is 0 Å². The fraction of sp³-hybridized carbons (Fsp3) is 0.0769. The number of benzene rings is 4. The molecule has 0 aliphatic rings. The Hall–Kier alpha value is -3.01. The molecule has 0 aliphatic carbocycles. The molecule has 0 saturated carbocycles. The molecule has 4 aromatic carbocycles. The van der Waals surface area contributed by atoms with Crippen molar-refractivity contribution in [2.75, 3.05) is 0 Å². The second kappa shape index (κ2) is 8.12. The van der Waals surface area contributed by atoms with E-state index >= 15 is 0 Å². The molecule has 0 saturated heterocycles. The van der Waals surface area contributed by atoms with Gasteiger partial charge in [0.1, 0.15) is 0 Å². The average Bonchev–Trinajstić information content (AvgIpc) is 2.70. The highest BCUT2D eigenvalue weighted by Crippen LogP contribution is 2.20. The highest BCUT2D eigenvalue weighted by atomic mass is 35.5. The summed E-state index contributed by atoms with van der Waals surface area (Å²) in [5, 5.41) is 3.24. The molecule has 0 aliphatic heterocycles. The number of hydrogen-bond acceptors (Lipinski definition) is 0. The first-order chi connectivity index (χ1) is 13.3. The summed E-state index contributed by atoms with van der Waals surface area (Å²) in [6.45, 7) is 0. The second-order valence-corrected chi connectivity index (χ2v) is 7.10. The fourth-order valence-corrected chi connectivity index (χ4v) is 3.29. The zero-order valence-corrected chi connectivity index (χ0v) is 15.7. The standard InChI is InChI=1S/C26H19Cl/c27-26-15-11-20(12-16-26)7-4-8-22-9-13-24-14-10-23(19-25(24)18-22)17-21-5-2-1-3-6-21/h1-3,5-6,9-16,18-19H,7,17H2. The van der Waals surface area contributed by atoms with Gasteiger partial charge in [0.25, 0.3) is 0 Å². The van der Waals surface area contributed by atoms with Crippen LogP contribution in [0.4, 0.5) is 0 Å². The summed E-state index contributed by atoms with van der Waals surface area (Å²) in [4.78, 5) is 0. The van der Waals surface area contributed by atoms with Crippen molar-refractivity contribution in [3.05, 3.63) is 118 Å². The van der Waals surface area contributed by atoms with E-state index in [9.17, 15) is 0 Å². The topological polar surface area (TPSA) is 0 Å². The molecule has 0 aromatic heterocycles. The second-order valence-electron chi connectivity index (χ2n) is 6.66. The summed E-state index contributed by atoms with van der Waals surface area (Å²) < 4.78 is 0. The van der Waals surface area contributed by atoms with Crippen LogP contribution in [-0.4, -0.2) is 0 Å². The van der Waals surface area contributed by atoms with Crippen molar-refractivity contribution >= 4 is 22.4 Å². The van der Waals surface area contributed by atoms with Gasteiger partial charge < -0.3 is 0 Å². The van der Waals surface area contributed by atoms with Crippen LogP contribution in [-0.2, 0) is 12.8 Å². The predicted octanol–water partition coefficient (Wildman–Crippen LogP) is 6.68. The van der Waals surface area contributed by atoms with Crippen LogP contribution >= 0.6 is 11.6 Å². The van der Waals surface area contributed by atoms with Crippen LogP contribution in [0.1, 0.15) is 22.3 Å². The molecule has 130 valence electrons. The van der Waals surface area contributed by atoms with E-state index in [1.165, 1.54) is 27.5 Å². The third kappa shape index (κ3) is 4.59. The maximum absolute atomic E-state index is 5.92. The van der Waals surface area contributed by atoms with Crippen LogP contribution in [0, 0.1) is 11.8 Å². The van der Waals surface area contributed by atoms with Crippen molar-refractivity contribution < 1.29 is 0 Å². The molecular formula is C26H19Cl. The van der Waals surface area contributed by atoms with Gasteiger partial charge in [-0.25, -0.2) is 0 Å². The summed E-state index contributed by atoms with van der Waals surface area (Å²) >= 11 is 5.92. The lowest BCUT2D eigenvalue weighted by Gasteiger charge is -2.05. The van der Waals surface area contributed by atoms with Gasteiger partial charge in [-0.15, -0.1) is 0 Å². The van der Waals surface area contributed by atoms with E-state index in [0.717, 1.165) is 23.4 Å². The zero-order valence-electron chi connectivity index (χ0n) is 15.0. The van der Waals surface area contributed by atoms with Crippen molar-refractivity contribution in [3.63, 3.8) is 0 Å². The fourth-order valence-electron chi connectivity index (χ4n) is 3.17. The molecule has 0 radical (unpaired) electrons. The Balaban J connectivity index is 1.54. The van der Waals surface area contributed by atoms with E-state index in [1.807, 2.05) is 24.3 Å². The first-order valence-electron chi connectivity index (χ1n) is 9.06. The minimum absolute atomic E-state index is 0.725. The maximum Gasteiger partial charge on any atom is 0.0406 e. The molecule has 0 unspecified atom stereocenters. The van der Waals surface area contributed by atoms with Crippen LogP contribution in [0.15, 0.2) is 91.0 Å². The number of fused-ring (bicyclic) bond motifs is 1. The smallest absolute Gasteiger partial charge is 0.0406 e. The lowest BCUT2D eigenvalue weighted by atomic mass is 10.00. The summed E-state index contributed by atoms with van der Waals surface area (Å²) in [5.41, 5.74) is 4.88. The van der Waals surface area contributed by atoms with Gasteiger partial charge in [0.15, 0.2) is 0 Å². The van der Waals surface area contributed by atoms with Gasteiger partial charge in [0.2, 0.25) is 0 Å². The predicted molar refractivity (Wildman–Crippen MR) is 115 cm³/mol. The molecule has 1 heteroatoms. The summed E-state index contributed by atoms with van der Waals surface area (Å²) in [6, 6.07) is 31.5. The maximum atomic E-state index is 5.92.